The van der Waals surface area contributed by atoms with E-state index < -0.39 is 0 Å². The number of rotatable bonds is 5. The van der Waals surface area contributed by atoms with Gasteiger partial charge in [0.25, 0.3) is 11.5 Å². The van der Waals surface area contributed by atoms with Crippen molar-refractivity contribution in [3.63, 3.8) is 0 Å². The lowest BCUT2D eigenvalue weighted by Crippen LogP contribution is -2.31. The number of aromatic amines is 1. The highest BCUT2D eigenvalue weighted by Gasteiger charge is 2.15. The first-order chi connectivity index (χ1) is 9.65. The molecule has 5 heteroatoms. The summed E-state index contributed by atoms with van der Waals surface area (Å²) in [5, 5.41) is 3.65. The Bertz CT molecular complexity index is 676. The molecule has 1 aromatic carbocycles. The van der Waals surface area contributed by atoms with E-state index in [1.807, 2.05) is 24.3 Å². The minimum absolute atomic E-state index is 0.191. The van der Waals surface area contributed by atoms with Gasteiger partial charge in [-0.15, -0.1) is 0 Å². The first kappa shape index (κ1) is 14.3. The molecule has 4 N–H and O–H groups in total. The van der Waals surface area contributed by atoms with Crippen LogP contribution in [0, 0.1) is 6.92 Å². The summed E-state index contributed by atoms with van der Waals surface area (Å²) in [4.78, 5) is 26.9. The Kier molecular flexibility index (Phi) is 4.53. The van der Waals surface area contributed by atoms with Gasteiger partial charge in [-0.2, -0.15) is 0 Å². The lowest BCUT2D eigenvalue weighted by Gasteiger charge is -2.09. The van der Waals surface area contributed by atoms with E-state index in [0.717, 1.165) is 23.7 Å². The fourth-order valence-electron chi connectivity index (χ4n) is 2.24. The number of carbonyl (C=O) groups excluding carboxylic acids is 1. The van der Waals surface area contributed by atoms with Crippen LogP contribution in [-0.4, -0.2) is 24.0 Å². The third kappa shape index (κ3) is 2.88. The van der Waals surface area contributed by atoms with Crippen molar-refractivity contribution >= 4 is 16.8 Å². The third-order valence-corrected chi connectivity index (χ3v) is 3.32. The zero-order chi connectivity index (χ0) is 14.5. The number of amides is 1. The van der Waals surface area contributed by atoms with Gasteiger partial charge in [0, 0.05) is 17.4 Å². The maximum atomic E-state index is 12.1. The molecule has 0 saturated heterocycles. The molecule has 0 aliphatic rings. The fourth-order valence-corrected chi connectivity index (χ4v) is 2.24. The standard InChI is InChI=1S/C15H19N3O2/c1-10-11-6-2-3-7-12(11)18-15(20)13(10)14(19)17-9-5-4-8-16/h2-3,6-7H,4-5,8-9,16H2,1H3,(H,17,19)(H,18,20). The van der Waals surface area contributed by atoms with E-state index >= 15 is 0 Å². The average molecular weight is 273 g/mol. The van der Waals surface area contributed by atoms with Gasteiger partial charge in [-0.05, 0) is 37.9 Å². The quantitative estimate of drug-likeness (QED) is 0.718. The Balaban J connectivity index is 2.29. The Morgan fingerprint density at radius 1 is 1.30 bits per heavy atom. The van der Waals surface area contributed by atoms with Crippen LogP contribution in [0.4, 0.5) is 0 Å². The molecule has 1 amide bonds. The van der Waals surface area contributed by atoms with Crippen LogP contribution >= 0.6 is 0 Å². The zero-order valence-electron chi connectivity index (χ0n) is 11.5. The smallest absolute Gasteiger partial charge is 0.261 e. The number of benzene rings is 1. The highest BCUT2D eigenvalue weighted by atomic mass is 16.2. The minimum Gasteiger partial charge on any atom is -0.352 e. The second-order valence-electron chi connectivity index (χ2n) is 4.75. The largest absolute Gasteiger partial charge is 0.352 e. The Morgan fingerprint density at radius 2 is 2.05 bits per heavy atom. The summed E-state index contributed by atoms with van der Waals surface area (Å²) in [6.45, 7) is 2.93. The van der Waals surface area contributed by atoms with E-state index in [4.69, 9.17) is 5.73 Å². The first-order valence-electron chi connectivity index (χ1n) is 6.75. The second kappa shape index (κ2) is 6.34. The molecule has 0 spiro atoms. The number of nitrogens with one attached hydrogen (secondary N) is 2. The van der Waals surface area contributed by atoms with E-state index in [-0.39, 0.29) is 17.0 Å². The molecule has 0 saturated carbocycles. The maximum absolute atomic E-state index is 12.1. The van der Waals surface area contributed by atoms with Crippen molar-refractivity contribution in [2.24, 2.45) is 5.73 Å². The van der Waals surface area contributed by atoms with Crippen LogP contribution in [0.1, 0.15) is 28.8 Å². The van der Waals surface area contributed by atoms with Crippen molar-refractivity contribution in [1.29, 1.82) is 0 Å². The molecule has 1 heterocycles. The van der Waals surface area contributed by atoms with Gasteiger partial charge in [0.2, 0.25) is 0 Å². The lowest BCUT2D eigenvalue weighted by atomic mass is 10.0. The number of pyridine rings is 1. The van der Waals surface area contributed by atoms with Gasteiger partial charge in [-0.1, -0.05) is 18.2 Å². The Hall–Kier alpha value is -2.14. The molecule has 0 radical (unpaired) electrons. The van der Waals surface area contributed by atoms with Gasteiger partial charge < -0.3 is 16.0 Å². The van der Waals surface area contributed by atoms with E-state index in [9.17, 15) is 9.59 Å². The van der Waals surface area contributed by atoms with Crippen LogP contribution in [0.3, 0.4) is 0 Å². The van der Waals surface area contributed by atoms with Crippen molar-refractivity contribution in [2.75, 3.05) is 13.1 Å². The first-order valence-corrected chi connectivity index (χ1v) is 6.75. The highest BCUT2D eigenvalue weighted by Crippen LogP contribution is 2.16. The molecule has 2 rings (SSSR count). The number of aromatic nitrogens is 1. The summed E-state index contributed by atoms with van der Waals surface area (Å²) in [6.07, 6.45) is 1.67. The van der Waals surface area contributed by atoms with Gasteiger partial charge >= 0.3 is 0 Å². The van der Waals surface area contributed by atoms with Crippen molar-refractivity contribution in [3.8, 4) is 0 Å². The predicted molar refractivity (Wildman–Crippen MR) is 79.9 cm³/mol. The Morgan fingerprint density at radius 3 is 2.80 bits per heavy atom. The normalized spacial score (nSPS) is 10.7. The molecule has 0 atom stereocenters. The van der Waals surface area contributed by atoms with E-state index in [0.29, 0.717) is 18.7 Å². The average Bonchev–Trinajstić information content (AvgIpc) is 2.43. The SMILES string of the molecule is Cc1c(C(=O)NCCCCN)c(=O)[nH]c2ccccc12. The van der Waals surface area contributed by atoms with Gasteiger partial charge in [-0.25, -0.2) is 0 Å². The summed E-state index contributed by atoms with van der Waals surface area (Å²) < 4.78 is 0. The number of unbranched alkanes of at least 4 members (excludes halogenated alkanes) is 1. The molecule has 0 aliphatic carbocycles. The molecule has 5 nitrogen and oxygen atoms in total. The topological polar surface area (TPSA) is 88.0 Å². The van der Waals surface area contributed by atoms with Crippen LogP contribution in [0.5, 0.6) is 0 Å². The number of aryl methyl sites for hydroxylation is 1. The van der Waals surface area contributed by atoms with E-state index in [2.05, 4.69) is 10.3 Å². The van der Waals surface area contributed by atoms with Gasteiger partial charge in [0.05, 0.1) is 0 Å². The summed E-state index contributed by atoms with van der Waals surface area (Å²) in [5.74, 6) is -0.327. The summed E-state index contributed by atoms with van der Waals surface area (Å²) in [6, 6.07) is 7.46. The molecule has 0 fully saturated rings. The fraction of sp³-hybridized carbons (Fsp3) is 0.333. The summed E-state index contributed by atoms with van der Waals surface area (Å²) in [7, 11) is 0. The number of nitrogens with two attached hydrogens (primary N) is 1. The number of fused-ring (bicyclic) bond motifs is 1. The van der Waals surface area contributed by atoms with Crippen LogP contribution in [-0.2, 0) is 0 Å². The number of para-hydroxylation sites is 1. The molecule has 0 unspecified atom stereocenters. The van der Waals surface area contributed by atoms with Crippen LogP contribution in [0.2, 0.25) is 0 Å². The van der Waals surface area contributed by atoms with Crippen LogP contribution in [0.25, 0.3) is 10.9 Å². The third-order valence-electron chi connectivity index (χ3n) is 3.32. The van der Waals surface area contributed by atoms with Crippen LogP contribution in [0.15, 0.2) is 29.1 Å². The van der Waals surface area contributed by atoms with Gasteiger partial charge in [-0.3, -0.25) is 9.59 Å². The van der Waals surface area contributed by atoms with Crippen LogP contribution < -0.4 is 16.6 Å². The highest BCUT2D eigenvalue weighted by molar-refractivity contribution is 5.99. The minimum atomic E-state index is -0.350. The monoisotopic (exact) mass is 273 g/mol. The van der Waals surface area contributed by atoms with Crippen molar-refractivity contribution in [1.82, 2.24) is 10.3 Å². The molecule has 106 valence electrons. The number of hydrogen-bond donors (Lipinski definition) is 3. The van der Waals surface area contributed by atoms with E-state index in [1.165, 1.54) is 0 Å². The zero-order valence-corrected chi connectivity index (χ0v) is 11.5. The second-order valence-corrected chi connectivity index (χ2v) is 4.75. The van der Waals surface area contributed by atoms with Gasteiger partial charge in [0.15, 0.2) is 0 Å². The Labute approximate surface area is 117 Å². The van der Waals surface area contributed by atoms with Gasteiger partial charge in [0.1, 0.15) is 5.56 Å². The lowest BCUT2D eigenvalue weighted by molar-refractivity contribution is 0.0951. The number of hydrogen-bond acceptors (Lipinski definition) is 3. The summed E-state index contributed by atoms with van der Waals surface area (Å²) in [5.41, 5.74) is 6.69. The maximum Gasteiger partial charge on any atom is 0.261 e. The molecule has 0 aliphatic heterocycles. The molecular formula is C15H19N3O2. The molecule has 20 heavy (non-hydrogen) atoms. The van der Waals surface area contributed by atoms with Crippen molar-refractivity contribution in [2.45, 2.75) is 19.8 Å². The summed E-state index contributed by atoms with van der Waals surface area (Å²) >= 11 is 0. The predicted octanol–water partition coefficient (Wildman–Crippen LogP) is 1.31. The van der Waals surface area contributed by atoms with Crippen molar-refractivity contribution < 1.29 is 4.79 Å². The molecule has 0 bridgehead atoms. The molecular weight excluding hydrogens is 254 g/mol. The number of H-pyrrole nitrogens is 1. The van der Waals surface area contributed by atoms with Crippen molar-refractivity contribution in [3.05, 3.63) is 45.7 Å². The number of carbonyl (C=O) groups is 1. The van der Waals surface area contributed by atoms with E-state index in [1.54, 1.807) is 6.92 Å². The molecule has 1 aromatic heterocycles. The molecule has 2 aromatic rings.